The molecule has 2 aromatic carbocycles. The number of hydrogen-bond donors (Lipinski definition) is 1. The monoisotopic (exact) mass is 281 g/mol. The molecule has 0 aliphatic carbocycles. The Kier molecular flexibility index (Phi) is 3.08. The Morgan fingerprint density at radius 2 is 1.90 bits per heavy atom. The van der Waals surface area contributed by atoms with Crippen molar-refractivity contribution in [2.75, 3.05) is 0 Å². The van der Waals surface area contributed by atoms with Crippen molar-refractivity contribution in [3.8, 4) is 11.1 Å². The third kappa shape index (κ3) is 2.00. The lowest BCUT2D eigenvalue weighted by Crippen LogP contribution is -2.09. The fraction of sp³-hybridized carbons (Fsp3) is 0. The number of carbonyl (C=O) groups excluding carboxylic acids is 2. The van der Waals surface area contributed by atoms with Crippen molar-refractivity contribution in [2.45, 2.75) is 0 Å². The number of hydrogen-bond acceptors (Lipinski definition) is 3. The molecule has 1 amide bonds. The highest BCUT2D eigenvalue weighted by molar-refractivity contribution is 7.21. The largest absolute Gasteiger partial charge is 0.365 e. The average molecular weight is 281 g/mol. The zero-order valence-corrected chi connectivity index (χ0v) is 11.3. The van der Waals surface area contributed by atoms with E-state index in [9.17, 15) is 9.59 Å². The van der Waals surface area contributed by atoms with Crippen LogP contribution in [0.25, 0.3) is 21.2 Å². The molecule has 3 aromatic rings. The molecule has 0 aliphatic heterocycles. The SMILES string of the molecule is NC(=O)c1sc2ccccc2c1-c1cccc(C=O)c1. The molecule has 1 aromatic heterocycles. The van der Waals surface area contributed by atoms with Gasteiger partial charge in [-0.3, -0.25) is 9.59 Å². The van der Waals surface area contributed by atoms with Gasteiger partial charge in [0.15, 0.2) is 0 Å². The van der Waals surface area contributed by atoms with E-state index in [0.29, 0.717) is 10.4 Å². The van der Waals surface area contributed by atoms with Crippen molar-refractivity contribution < 1.29 is 9.59 Å². The number of fused-ring (bicyclic) bond motifs is 1. The van der Waals surface area contributed by atoms with E-state index in [1.54, 1.807) is 18.2 Å². The molecule has 0 bridgehead atoms. The van der Waals surface area contributed by atoms with E-state index in [0.717, 1.165) is 27.5 Å². The van der Waals surface area contributed by atoms with E-state index >= 15 is 0 Å². The van der Waals surface area contributed by atoms with Crippen LogP contribution in [-0.4, -0.2) is 12.2 Å². The van der Waals surface area contributed by atoms with Gasteiger partial charge in [-0.2, -0.15) is 0 Å². The molecule has 0 atom stereocenters. The van der Waals surface area contributed by atoms with Crippen LogP contribution in [0, 0.1) is 0 Å². The van der Waals surface area contributed by atoms with Crippen LogP contribution in [-0.2, 0) is 0 Å². The van der Waals surface area contributed by atoms with Crippen LogP contribution < -0.4 is 5.73 Å². The molecule has 0 aliphatic rings. The summed E-state index contributed by atoms with van der Waals surface area (Å²) in [5, 5.41) is 0.981. The second-order valence-electron chi connectivity index (χ2n) is 4.41. The first kappa shape index (κ1) is 12.6. The Balaban J connectivity index is 2.35. The lowest BCUT2D eigenvalue weighted by atomic mass is 10.00. The van der Waals surface area contributed by atoms with E-state index in [1.165, 1.54) is 11.3 Å². The van der Waals surface area contributed by atoms with Gasteiger partial charge in [-0.25, -0.2) is 0 Å². The maximum atomic E-state index is 11.7. The molecular formula is C16H11NO2S. The molecule has 2 N–H and O–H groups in total. The molecular weight excluding hydrogens is 270 g/mol. The van der Waals surface area contributed by atoms with Gasteiger partial charge in [-0.15, -0.1) is 11.3 Å². The number of benzene rings is 2. The first-order valence-electron chi connectivity index (χ1n) is 6.07. The molecule has 0 saturated heterocycles. The number of rotatable bonds is 3. The Morgan fingerprint density at radius 1 is 1.10 bits per heavy atom. The maximum absolute atomic E-state index is 11.7. The molecule has 0 spiro atoms. The van der Waals surface area contributed by atoms with Gasteiger partial charge in [0.25, 0.3) is 5.91 Å². The number of thiophene rings is 1. The minimum atomic E-state index is -0.447. The van der Waals surface area contributed by atoms with Crippen molar-refractivity contribution >= 4 is 33.6 Å². The first-order chi connectivity index (χ1) is 9.70. The van der Waals surface area contributed by atoms with Crippen LogP contribution in [0.4, 0.5) is 0 Å². The van der Waals surface area contributed by atoms with Crippen LogP contribution in [0.15, 0.2) is 48.5 Å². The molecule has 3 rings (SSSR count). The number of carbonyl (C=O) groups is 2. The highest BCUT2D eigenvalue weighted by atomic mass is 32.1. The quantitative estimate of drug-likeness (QED) is 0.747. The minimum absolute atomic E-state index is 0.447. The second kappa shape index (κ2) is 4.90. The molecule has 20 heavy (non-hydrogen) atoms. The maximum Gasteiger partial charge on any atom is 0.259 e. The van der Waals surface area contributed by atoms with E-state index in [-0.39, 0.29) is 0 Å². The molecule has 1 heterocycles. The van der Waals surface area contributed by atoms with Crippen LogP contribution in [0.5, 0.6) is 0 Å². The van der Waals surface area contributed by atoms with Gasteiger partial charge in [0.1, 0.15) is 11.2 Å². The summed E-state index contributed by atoms with van der Waals surface area (Å²) in [6.45, 7) is 0. The summed E-state index contributed by atoms with van der Waals surface area (Å²) in [7, 11) is 0. The Hall–Kier alpha value is -2.46. The lowest BCUT2D eigenvalue weighted by Gasteiger charge is -2.03. The van der Waals surface area contributed by atoms with Crippen molar-refractivity contribution in [3.05, 3.63) is 59.0 Å². The zero-order chi connectivity index (χ0) is 14.1. The minimum Gasteiger partial charge on any atom is -0.365 e. The lowest BCUT2D eigenvalue weighted by molar-refractivity contribution is 0.100. The van der Waals surface area contributed by atoms with E-state index in [2.05, 4.69) is 0 Å². The summed E-state index contributed by atoms with van der Waals surface area (Å²) < 4.78 is 1.01. The van der Waals surface area contributed by atoms with E-state index in [4.69, 9.17) is 5.73 Å². The van der Waals surface area contributed by atoms with Gasteiger partial charge in [0.05, 0.1) is 0 Å². The third-order valence-electron chi connectivity index (χ3n) is 3.13. The number of primary amides is 1. The Morgan fingerprint density at radius 3 is 2.65 bits per heavy atom. The highest BCUT2D eigenvalue weighted by Crippen LogP contribution is 2.38. The number of aldehydes is 1. The van der Waals surface area contributed by atoms with Crippen LogP contribution in [0.1, 0.15) is 20.0 Å². The topological polar surface area (TPSA) is 60.2 Å². The van der Waals surface area contributed by atoms with Gasteiger partial charge in [0.2, 0.25) is 0 Å². The number of amides is 1. The van der Waals surface area contributed by atoms with Crippen LogP contribution >= 0.6 is 11.3 Å². The Labute approximate surface area is 119 Å². The summed E-state index contributed by atoms with van der Waals surface area (Å²) in [5.41, 5.74) is 7.71. The first-order valence-corrected chi connectivity index (χ1v) is 6.89. The molecule has 4 heteroatoms. The van der Waals surface area contributed by atoms with Gasteiger partial charge < -0.3 is 5.73 Å². The number of nitrogens with two attached hydrogens (primary N) is 1. The normalized spacial score (nSPS) is 10.6. The van der Waals surface area contributed by atoms with Crippen molar-refractivity contribution in [3.63, 3.8) is 0 Å². The zero-order valence-electron chi connectivity index (χ0n) is 10.5. The summed E-state index contributed by atoms with van der Waals surface area (Å²) in [5.74, 6) is -0.447. The van der Waals surface area contributed by atoms with E-state index < -0.39 is 5.91 Å². The van der Waals surface area contributed by atoms with Crippen LogP contribution in [0.3, 0.4) is 0 Å². The standard InChI is InChI=1S/C16H11NO2S/c17-16(19)15-14(11-5-3-4-10(8-11)9-18)12-6-1-2-7-13(12)20-15/h1-9H,(H2,17,19). The third-order valence-corrected chi connectivity index (χ3v) is 4.32. The van der Waals surface area contributed by atoms with Crippen molar-refractivity contribution in [1.82, 2.24) is 0 Å². The van der Waals surface area contributed by atoms with Crippen LogP contribution in [0.2, 0.25) is 0 Å². The van der Waals surface area contributed by atoms with Crippen molar-refractivity contribution in [1.29, 1.82) is 0 Å². The predicted molar refractivity (Wildman–Crippen MR) is 81.2 cm³/mol. The Bertz CT molecular complexity index is 820. The predicted octanol–water partition coefficient (Wildman–Crippen LogP) is 3.48. The summed E-state index contributed by atoms with van der Waals surface area (Å²) in [6.07, 6.45) is 0.794. The molecule has 0 saturated carbocycles. The fourth-order valence-electron chi connectivity index (χ4n) is 2.27. The molecule has 98 valence electrons. The molecule has 0 fully saturated rings. The van der Waals surface area contributed by atoms with Gasteiger partial charge >= 0.3 is 0 Å². The molecule has 3 nitrogen and oxygen atoms in total. The second-order valence-corrected chi connectivity index (χ2v) is 5.46. The molecule has 0 unspecified atom stereocenters. The van der Waals surface area contributed by atoms with Gasteiger partial charge in [-0.05, 0) is 17.7 Å². The average Bonchev–Trinajstić information content (AvgIpc) is 2.87. The van der Waals surface area contributed by atoms with Gasteiger partial charge in [-0.1, -0.05) is 36.4 Å². The van der Waals surface area contributed by atoms with Crippen molar-refractivity contribution in [2.24, 2.45) is 5.73 Å². The van der Waals surface area contributed by atoms with E-state index in [1.807, 2.05) is 30.3 Å². The highest BCUT2D eigenvalue weighted by Gasteiger charge is 2.17. The fourth-order valence-corrected chi connectivity index (χ4v) is 3.35. The van der Waals surface area contributed by atoms with Gasteiger partial charge in [0, 0.05) is 21.2 Å². The summed E-state index contributed by atoms with van der Waals surface area (Å²) in [4.78, 5) is 23.1. The smallest absolute Gasteiger partial charge is 0.259 e. The molecule has 0 radical (unpaired) electrons. The summed E-state index contributed by atoms with van der Waals surface area (Å²) in [6, 6.07) is 15.0. The summed E-state index contributed by atoms with van der Waals surface area (Å²) >= 11 is 1.38.